The average Bonchev–Trinajstić information content (AvgIpc) is 2.34. The fourth-order valence-electron chi connectivity index (χ4n) is 1.57. The van der Waals surface area contributed by atoms with Crippen molar-refractivity contribution in [1.82, 2.24) is 0 Å². The van der Waals surface area contributed by atoms with Crippen molar-refractivity contribution in [3.05, 3.63) is 54.1 Å². The van der Waals surface area contributed by atoms with Gasteiger partial charge in [-0.25, -0.2) is 0 Å². The van der Waals surface area contributed by atoms with Gasteiger partial charge in [-0.15, -0.1) is 0 Å². The van der Waals surface area contributed by atoms with Crippen LogP contribution in [0.25, 0.3) is 0 Å². The molecule has 0 heterocycles. The van der Waals surface area contributed by atoms with Crippen LogP contribution in [0.2, 0.25) is 0 Å². The third-order valence-corrected chi connectivity index (χ3v) is 2.51. The zero-order chi connectivity index (χ0) is 12.1. The van der Waals surface area contributed by atoms with E-state index in [1.165, 1.54) is 0 Å². The van der Waals surface area contributed by atoms with Crippen LogP contribution in [0, 0.1) is 0 Å². The Morgan fingerprint density at radius 3 is 2.41 bits per heavy atom. The summed E-state index contributed by atoms with van der Waals surface area (Å²) < 4.78 is 5.55. The van der Waals surface area contributed by atoms with E-state index < -0.39 is 0 Å². The standard InChI is InChI=1S/C14H13BO2/c15-12-5-7-13(8-6-12)17-10-9-11-3-1-2-4-14(11)16/h1-8,16H,9-10H2. The van der Waals surface area contributed by atoms with Gasteiger partial charge in [-0.05, 0) is 23.8 Å². The first-order valence-corrected chi connectivity index (χ1v) is 5.51. The molecule has 0 aliphatic carbocycles. The maximum Gasteiger partial charge on any atom is 0.119 e. The van der Waals surface area contributed by atoms with E-state index in [2.05, 4.69) is 0 Å². The molecule has 2 aromatic rings. The first kappa shape index (κ1) is 11.6. The minimum Gasteiger partial charge on any atom is -0.508 e. The van der Waals surface area contributed by atoms with Gasteiger partial charge in [0.15, 0.2) is 0 Å². The predicted molar refractivity (Wildman–Crippen MR) is 69.1 cm³/mol. The van der Waals surface area contributed by atoms with Crippen LogP contribution >= 0.6 is 0 Å². The first-order valence-electron chi connectivity index (χ1n) is 5.51. The van der Waals surface area contributed by atoms with E-state index in [4.69, 9.17) is 12.6 Å². The molecule has 0 aliphatic heterocycles. The summed E-state index contributed by atoms with van der Waals surface area (Å²) in [6.45, 7) is 0.529. The number of para-hydroxylation sites is 1. The van der Waals surface area contributed by atoms with Crippen molar-refractivity contribution < 1.29 is 9.84 Å². The van der Waals surface area contributed by atoms with Crippen molar-refractivity contribution in [3.63, 3.8) is 0 Å². The third-order valence-electron chi connectivity index (χ3n) is 2.51. The van der Waals surface area contributed by atoms with Crippen molar-refractivity contribution in [3.8, 4) is 11.5 Å². The Balaban J connectivity index is 1.88. The van der Waals surface area contributed by atoms with Gasteiger partial charge in [0.05, 0.1) is 6.61 Å². The number of hydrogen-bond acceptors (Lipinski definition) is 2. The topological polar surface area (TPSA) is 29.5 Å². The first-order chi connectivity index (χ1) is 8.25. The minimum atomic E-state index is 0.313. The Labute approximate surface area is 102 Å². The monoisotopic (exact) mass is 224 g/mol. The Morgan fingerprint density at radius 2 is 1.71 bits per heavy atom. The number of phenols is 1. The summed E-state index contributed by atoms with van der Waals surface area (Å²) in [5.74, 6) is 1.10. The largest absolute Gasteiger partial charge is 0.508 e. The van der Waals surface area contributed by atoms with Crippen molar-refractivity contribution in [2.45, 2.75) is 6.42 Å². The van der Waals surface area contributed by atoms with Crippen LogP contribution in [0.4, 0.5) is 0 Å². The van der Waals surface area contributed by atoms with Crippen molar-refractivity contribution in [2.75, 3.05) is 6.61 Å². The van der Waals surface area contributed by atoms with Gasteiger partial charge in [-0.1, -0.05) is 35.8 Å². The number of phenolic OH excluding ortho intramolecular Hbond substituents is 1. The summed E-state index contributed by atoms with van der Waals surface area (Å²) in [7, 11) is 5.58. The van der Waals surface area contributed by atoms with E-state index in [-0.39, 0.29) is 0 Å². The van der Waals surface area contributed by atoms with E-state index in [1.54, 1.807) is 24.3 Å². The van der Waals surface area contributed by atoms with Crippen LogP contribution < -0.4 is 10.2 Å². The van der Waals surface area contributed by atoms with Crippen LogP contribution in [-0.2, 0) is 6.42 Å². The Bertz CT molecular complexity index is 480. The highest BCUT2D eigenvalue weighted by Gasteiger charge is 1.99. The van der Waals surface area contributed by atoms with Gasteiger partial charge in [0.1, 0.15) is 19.3 Å². The molecule has 0 saturated heterocycles. The molecule has 2 radical (unpaired) electrons. The molecule has 0 spiro atoms. The highest BCUT2D eigenvalue weighted by Crippen LogP contribution is 2.16. The second kappa shape index (κ2) is 5.44. The highest BCUT2D eigenvalue weighted by atomic mass is 16.5. The van der Waals surface area contributed by atoms with Gasteiger partial charge >= 0.3 is 0 Å². The fourth-order valence-corrected chi connectivity index (χ4v) is 1.57. The molecule has 0 atom stereocenters. The van der Waals surface area contributed by atoms with E-state index in [0.717, 1.165) is 16.8 Å². The van der Waals surface area contributed by atoms with E-state index >= 15 is 0 Å². The number of benzene rings is 2. The molecule has 84 valence electrons. The lowest BCUT2D eigenvalue weighted by Crippen LogP contribution is -2.04. The molecule has 0 unspecified atom stereocenters. The van der Waals surface area contributed by atoms with Crippen LogP contribution in [0.3, 0.4) is 0 Å². The van der Waals surface area contributed by atoms with E-state index in [0.29, 0.717) is 18.8 Å². The summed E-state index contributed by atoms with van der Waals surface area (Å²) in [4.78, 5) is 0. The van der Waals surface area contributed by atoms with Gasteiger partial charge in [-0.3, -0.25) is 0 Å². The molecule has 0 amide bonds. The maximum absolute atomic E-state index is 9.57. The third kappa shape index (κ3) is 3.28. The fraction of sp³-hybridized carbons (Fsp3) is 0.143. The van der Waals surface area contributed by atoms with Gasteiger partial charge < -0.3 is 9.84 Å². The normalized spacial score (nSPS) is 10.1. The molecule has 3 heteroatoms. The molecular formula is C14H13BO2. The number of aromatic hydroxyl groups is 1. The van der Waals surface area contributed by atoms with Gasteiger partial charge in [-0.2, -0.15) is 0 Å². The molecule has 0 aromatic heterocycles. The summed E-state index contributed by atoms with van der Waals surface area (Å²) in [5.41, 5.74) is 1.61. The smallest absolute Gasteiger partial charge is 0.119 e. The van der Waals surface area contributed by atoms with Crippen LogP contribution in [0.1, 0.15) is 5.56 Å². The average molecular weight is 224 g/mol. The minimum absolute atomic E-state index is 0.313. The van der Waals surface area contributed by atoms with Gasteiger partial charge in [0.25, 0.3) is 0 Å². The van der Waals surface area contributed by atoms with Crippen LogP contribution in [0.15, 0.2) is 48.5 Å². The lowest BCUT2D eigenvalue weighted by molar-refractivity contribution is 0.319. The van der Waals surface area contributed by atoms with Crippen molar-refractivity contribution in [2.24, 2.45) is 0 Å². The molecule has 0 saturated carbocycles. The highest BCUT2D eigenvalue weighted by molar-refractivity contribution is 6.32. The molecule has 2 nitrogen and oxygen atoms in total. The SMILES string of the molecule is [B]c1ccc(OCCc2ccccc2O)cc1. The molecule has 2 aromatic carbocycles. The van der Waals surface area contributed by atoms with Gasteiger partial charge in [0.2, 0.25) is 0 Å². The zero-order valence-electron chi connectivity index (χ0n) is 9.47. The summed E-state index contributed by atoms with van der Waals surface area (Å²) >= 11 is 0. The number of rotatable bonds is 4. The molecule has 0 fully saturated rings. The van der Waals surface area contributed by atoms with Crippen LogP contribution in [-0.4, -0.2) is 19.6 Å². The van der Waals surface area contributed by atoms with Crippen molar-refractivity contribution >= 4 is 13.3 Å². The quantitative estimate of drug-likeness (QED) is 0.802. The van der Waals surface area contributed by atoms with E-state index in [1.807, 2.05) is 24.3 Å². The summed E-state index contributed by atoms with van der Waals surface area (Å²) in [6.07, 6.45) is 0.678. The van der Waals surface area contributed by atoms with E-state index in [9.17, 15) is 5.11 Å². The Hall–Kier alpha value is -1.90. The molecule has 0 aliphatic rings. The Morgan fingerprint density at radius 1 is 1.00 bits per heavy atom. The number of hydrogen-bond donors (Lipinski definition) is 1. The molecule has 17 heavy (non-hydrogen) atoms. The lowest BCUT2D eigenvalue weighted by atomic mass is 9.97. The molecule has 2 rings (SSSR count). The van der Waals surface area contributed by atoms with Gasteiger partial charge in [0, 0.05) is 6.42 Å². The summed E-state index contributed by atoms with van der Waals surface area (Å²) in [5, 5.41) is 9.57. The molecule has 0 bridgehead atoms. The second-order valence-electron chi connectivity index (χ2n) is 3.80. The van der Waals surface area contributed by atoms with Crippen LogP contribution in [0.5, 0.6) is 11.5 Å². The second-order valence-corrected chi connectivity index (χ2v) is 3.80. The lowest BCUT2D eigenvalue weighted by Gasteiger charge is -2.07. The maximum atomic E-state index is 9.57. The molecule has 1 N–H and O–H groups in total. The number of ether oxygens (including phenoxy) is 1. The zero-order valence-corrected chi connectivity index (χ0v) is 9.47. The Kier molecular flexibility index (Phi) is 3.71. The van der Waals surface area contributed by atoms with Crippen molar-refractivity contribution in [1.29, 1.82) is 0 Å². The predicted octanol–water partition coefficient (Wildman–Crippen LogP) is 1.81. The summed E-state index contributed by atoms with van der Waals surface area (Å²) in [6, 6.07) is 14.5. The molecular weight excluding hydrogens is 211 g/mol.